The Morgan fingerprint density at radius 1 is 0.969 bits per heavy atom. The molecule has 1 aromatic heterocycles. The van der Waals surface area contributed by atoms with Crippen LogP contribution in [0.15, 0.2) is 76.7 Å². The summed E-state index contributed by atoms with van der Waals surface area (Å²) in [5.41, 5.74) is 2.38. The van der Waals surface area contributed by atoms with Crippen molar-refractivity contribution in [3.8, 4) is 11.3 Å². The van der Waals surface area contributed by atoms with Gasteiger partial charge in [0.15, 0.2) is 11.6 Å². The highest BCUT2D eigenvalue weighted by Gasteiger charge is 2.42. The maximum absolute atomic E-state index is 15.1. The molecule has 3 aromatic carbocycles. The minimum atomic E-state index is -0.961. The second-order valence-corrected chi connectivity index (χ2v) is 17.6. The molecule has 1 unspecified atom stereocenters. The zero-order valence-corrected chi connectivity index (χ0v) is 38.0. The Morgan fingerprint density at radius 2 is 1.62 bits per heavy atom. The summed E-state index contributed by atoms with van der Waals surface area (Å²) in [7, 11) is 2.22. The summed E-state index contributed by atoms with van der Waals surface area (Å²) >= 11 is 1.78. The van der Waals surface area contributed by atoms with Gasteiger partial charge in [-0.05, 0) is 133 Å². The van der Waals surface area contributed by atoms with Crippen molar-refractivity contribution in [1.29, 1.82) is 0 Å². The van der Waals surface area contributed by atoms with Crippen LogP contribution in [-0.4, -0.2) is 131 Å². The van der Waals surface area contributed by atoms with Gasteiger partial charge in [0.2, 0.25) is 18.3 Å². The quantitative estimate of drug-likeness (QED) is 0.0500. The highest BCUT2D eigenvalue weighted by molar-refractivity contribution is 7.97. The van der Waals surface area contributed by atoms with Crippen LogP contribution in [0.3, 0.4) is 0 Å². The number of carbonyl (C=O) groups is 4. The summed E-state index contributed by atoms with van der Waals surface area (Å²) in [4.78, 5) is 68.4. The number of rotatable bonds is 16. The fraction of sp³-hybridized carbons (Fsp3) is 0.426. The summed E-state index contributed by atoms with van der Waals surface area (Å²) in [6.07, 6.45) is 4.90. The van der Waals surface area contributed by atoms with E-state index in [9.17, 15) is 23.6 Å². The summed E-state index contributed by atoms with van der Waals surface area (Å²) in [5.74, 6) is -1.79. The molecule has 0 spiro atoms. The molecule has 3 aliphatic rings. The highest BCUT2D eigenvalue weighted by atomic mass is 32.2. The predicted octanol–water partition coefficient (Wildman–Crippen LogP) is 7.42. The van der Waals surface area contributed by atoms with E-state index >= 15 is 4.39 Å². The number of hydrogen-bond donors (Lipinski definition) is 2. The number of fused-ring (bicyclic) bond motifs is 1. The number of nitrogens with zero attached hydrogens (tertiary/aromatic N) is 8. The fourth-order valence-corrected chi connectivity index (χ4v) is 9.23. The van der Waals surface area contributed by atoms with Crippen LogP contribution in [0.5, 0.6) is 0 Å². The second-order valence-electron chi connectivity index (χ2n) is 16.4. The topological polar surface area (TPSA) is 147 Å². The first-order valence-corrected chi connectivity index (χ1v) is 22.6. The number of aromatic nitrogens is 2. The average Bonchev–Trinajstić information content (AvgIpc) is 3.54. The number of aliphatic imine (C=N–C) groups is 1. The van der Waals surface area contributed by atoms with E-state index < -0.39 is 35.4 Å². The summed E-state index contributed by atoms with van der Waals surface area (Å²) in [6.45, 7) is 20.0. The average molecular weight is 897 g/mol. The van der Waals surface area contributed by atoms with E-state index in [0.717, 1.165) is 53.8 Å². The minimum Gasteiger partial charge on any atom is -0.368 e. The molecule has 340 valence electrons. The van der Waals surface area contributed by atoms with Gasteiger partial charge < -0.3 is 20.0 Å². The van der Waals surface area contributed by atoms with Gasteiger partial charge in [0.05, 0.1) is 23.0 Å². The number of benzene rings is 3. The molecule has 0 bridgehead atoms. The number of piperazine rings is 1. The molecule has 14 nitrogen and oxygen atoms in total. The van der Waals surface area contributed by atoms with Crippen molar-refractivity contribution in [1.82, 2.24) is 34.3 Å². The first kappa shape index (κ1) is 47.8. The molecule has 0 aliphatic carbocycles. The van der Waals surface area contributed by atoms with Crippen molar-refractivity contribution in [2.24, 2.45) is 10.9 Å². The number of halogens is 2. The van der Waals surface area contributed by atoms with Crippen molar-refractivity contribution in [3.05, 3.63) is 89.6 Å². The SMILES string of the molecule is C=Nc1c(F)cc(-c2nc(Nc3ccc(SN4CCN(CC5CCN(C)CC5)CC4)cc3)ncc2F)cc1N(CC)C(C)C.CCCC(C(=O)NC=O)N1C(=O)c2ccccc2C1=O. The Bertz CT molecular complexity index is 2250. The lowest BCUT2D eigenvalue weighted by atomic mass is 9.96. The summed E-state index contributed by atoms with van der Waals surface area (Å²) in [5, 5.41) is 5.18. The van der Waals surface area contributed by atoms with Crippen LogP contribution in [0.2, 0.25) is 0 Å². The van der Waals surface area contributed by atoms with E-state index in [1.54, 1.807) is 42.3 Å². The molecule has 0 radical (unpaired) electrons. The molecule has 4 heterocycles. The molecule has 2 N–H and O–H groups in total. The largest absolute Gasteiger partial charge is 0.368 e. The molecular formula is C47H58F2N10O4S. The van der Waals surface area contributed by atoms with Gasteiger partial charge in [-0.15, -0.1) is 0 Å². The maximum atomic E-state index is 15.1. The van der Waals surface area contributed by atoms with Gasteiger partial charge in [0.25, 0.3) is 11.8 Å². The molecule has 2 saturated heterocycles. The number of amides is 4. The first-order chi connectivity index (χ1) is 30.8. The molecule has 4 aromatic rings. The van der Waals surface area contributed by atoms with Crippen molar-refractivity contribution in [2.45, 2.75) is 70.4 Å². The van der Waals surface area contributed by atoms with Gasteiger partial charge in [-0.3, -0.25) is 34.4 Å². The van der Waals surface area contributed by atoms with Crippen molar-refractivity contribution in [2.75, 3.05) is 69.6 Å². The summed E-state index contributed by atoms with van der Waals surface area (Å²) < 4.78 is 32.5. The number of piperidine rings is 1. The van der Waals surface area contributed by atoms with Crippen LogP contribution in [0, 0.1) is 17.6 Å². The third-order valence-corrected chi connectivity index (χ3v) is 12.8. The lowest BCUT2D eigenvalue weighted by Crippen LogP contribution is -2.49. The summed E-state index contributed by atoms with van der Waals surface area (Å²) in [6, 6.07) is 16.6. The van der Waals surface area contributed by atoms with Crippen LogP contribution in [0.4, 0.5) is 31.8 Å². The van der Waals surface area contributed by atoms with Crippen LogP contribution >= 0.6 is 11.9 Å². The minimum absolute atomic E-state index is 0.0141. The Kier molecular flexibility index (Phi) is 16.7. The Labute approximate surface area is 378 Å². The van der Waals surface area contributed by atoms with E-state index in [4.69, 9.17) is 0 Å². The van der Waals surface area contributed by atoms with Crippen LogP contribution in [0.1, 0.15) is 74.1 Å². The normalized spacial score (nSPS) is 16.5. The predicted molar refractivity (Wildman–Crippen MR) is 248 cm³/mol. The molecule has 1 atom stereocenters. The molecule has 64 heavy (non-hydrogen) atoms. The van der Waals surface area contributed by atoms with Gasteiger partial charge in [-0.1, -0.05) is 25.5 Å². The molecule has 7 rings (SSSR count). The van der Waals surface area contributed by atoms with Gasteiger partial charge in [0.1, 0.15) is 17.4 Å². The molecule has 17 heteroatoms. The van der Waals surface area contributed by atoms with E-state index in [2.05, 4.69) is 60.3 Å². The molecule has 3 aliphatic heterocycles. The van der Waals surface area contributed by atoms with E-state index in [0.29, 0.717) is 30.6 Å². The zero-order valence-electron chi connectivity index (χ0n) is 37.2. The first-order valence-electron chi connectivity index (χ1n) is 21.9. The lowest BCUT2D eigenvalue weighted by Gasteiger charge is -2.37. The standard InChI is InChI=1S/C33H44F2N8S.C14H14N2O4/c1-6-43(23(2)3)30-20-25(19-28(34)32(30)36-4)31-29(35)21-37-33(39-31)38-26-7-9-27(10-8-26)44-42-17-15-41(16-18-42)22-24-11-13-40(5)14-12-24;1-2-5-11(12(18)15-8-17)16-13(19)9-6-3-4-7-10(9)14(16)20/h7-10,19-21,23-24H,4,6,11-18,22H2,1-3,5H3,(H,37,38,39);3-4,6-8,11H,2,5H2,1H3,(H,15,17,18). The van der Waals surface area contributed by atoms with E-state index in [1.165, 1.54) is 38.5 Å². The van der Waals surface area contributed by atoms with Crippen molar-refractivity contribution < 1.29 is 28.0 Å². The Morgan fingerprint density at radius 3 is 2.20 bits per heavy atom. The second kappa shape index (κ2) is 22.3. The smallest absolute Gasteiger partial charge is 0.262 e. The molecule has 0 saturated carbocycles. The Balaban J connectivity index is 0.000000284. The van der Waals surface area contributed by atoms with Gasteiger partial charge >= 0.3 is 0 Å². The van der Waals surface area contributed by atoms with Crippen LogP contribution in [0.25, 0.3) is 11.3 Å². The van der Waals surface area contributed by atoms with Gasteiger partial charge in [-0.2, -0.15) is 0 Å². The number of carbonyl (C=O) groups excluding carboxylic acids is 4. The fourth-order valence-electron chi connectivity index (χ4n) is 8.33. The number of anilines is 3. The van der Waals surface area contributed by atoms with Gasteiger partial charge in [-0.25, -0.2) is 23.1 Å². The van der Waals surface area contributed by atoms with Crippen LogP contribution < -0.4 is 15.5 Å². The number of imide groups is 2. The highest BCUT2D eigenvalue weighted by Crippen LogP contribution is 2.38. The number of nitrogens with one attached hydrogen (secondary N) is 2. The van der Waals surface area contributed by atoms with Crippen molar-refractivity contribution in [3.63, 3.8) is 0 Å². The van der Waals surface area contributed by atoms with Gasteiger partial charge in [0, 0.05) is 61.5 Å². The third-order valence-electron chi connectivity index (χ3n) is 11.7. The number of hydrogen-bond acceptors (Lipinski definition) is 13. The molecule has 2 fully saturated rings. The maximum Gasteiger partial charge on any atom is 0.262 e. The lowest BCUT2D eigenvalue weighted by molar-refractivity contribution is -0.128. The van der Waals surface area contributed by atoms with E-state index in [1.807, 2.05) is 50.0 Å². The van der Waals surface area contributed by atoms with Crippen molar-refractivity contribution >= 4 is 65.8 Å². The molecule has 4 amide bonds. The third kappa shape index (κ3) is 11.5. The van der Waals surface area contributed by atoms with Crippen LogP contribution in [-0.2, 0) is 9.59 Å². The number of likely N-dealkylation sites (tertiary alicyclic amines) is 1. The Hall–Kier alpha value is -5.62. The molecular weight excluding hydrogens is 839 g/mol. The van der Waals surface area contributed by atoms with E-state index in [-0.39, 0.29) is 40.9 Å². The zero-order chi connectivity index (χ0) is 45.9. The monoisotopic (exact) mass is 896 g/mol.